The van der Waals surface area contributed by atoms with Crippen molar-refractivity contribution in [3.05, 3.63) is 59.6 Å². The molecule has 6 nitrogen and oxygen atoms in total. The summed E-state index contributed by atoms with van der Waals surface area (Å²) in [5.41, 5.74) is 0.508. The minimum atomic E-state index is -0.720. The summed E-state index contributed by atoms with van der Waals surface area (Å²) in [5, 5.41) is 10.4. The van der Waals surface area contributed by atoms with Crippen molar-refractivity contribution in [2.24, 2.45) is 5.41 Å². The Bertz CT molecular complexity index is 903. The second-order valence-electron chi connectivity index (χ2n) is 8.39. The van der Waals surface area contributed by atoms with Crippen LogP contribution in [0.2, 0.25) is 0 Å². The lowest BCUT2D eigenvalue weighted by Gasteiger charge is -2.49. The first-order valence-electron chi connectivity index (χ1n) is 10.1. The number of rotatable bonds is 3. The number of hydrogen-bond donors (Lipinski definition) is 1. The van der Waals surface area contributed by atoms with Crippen molar-refractivity contribution >= 4 is 11.8 Å². The third kappa shape index (κ3) is 4.38. The Labute approximate surface area is 173 Å². The van der Waals surface area contributed by atoms with Crippen molar-refractivity contribution in [1.29, 1.82) is 0 Å². The fourth-order valence-electron chi connectivity index (χ4n) is 4.66. The molecule has 2 amide bonds. The number of hydrogen-bond acceptors (Lipinski definition) is 4. The molecule has 0 bridgehead atoms. The van der Waals surface area contributed by atoms with E-state index in [9.17, 15) is 23.5 Å². The summed E-state index contributed by atoms with van der Waals surface area (Å²) in [4.78, 5) is 28.7. The number of likely N-dealkylation sites (tertiary alicyclic amines) is 2. The van der Waals surface area contributed by atoms with Crippen LogP contribution in [0.3, 0.4) is 0 Å². The first-order valence-corrected chi connectivity index (χ1v) is 10.1. The van der Waals surface area contributed by atoms with Crippen molar-refractivity contribution < 1.29 is 27.9 Å². The maximum Gasteiger partial charge on any atom is 0.257 e. The molecule has 1 N–H and O–H groups in total. The van der Waals surface area contributed by atoms with Crippen molar-refractivity contribution in [3.8, 4) is 0 Å². The first kappa shape index (κ1) is 20.5. The molecule has 2 saturated heterocycles. The predicted molar refractivity (Wildman–Crippen MR) is 104 cm³/mol. The summed E-state index contributed by atoms with van der Waals surface area (Å²) in [5.74, 6) is -1.80. The van der Waals surface area contributed by atoms with E-state index in [2.05, 4.69) is 0 Å². The highest BCUT2D eigenvalue weighted by molar-refractivity contribution is 5.93. The molecule has 2 aliphatic heterocycles. The molecule has 160 valence electrons. The molecule has 2 fully saturated rings. The fourth-order valence-corrected chi connectivity index (χ4v) is 4.66. The Kier molecular flexibility index (Phi) is 5.60. The van der Waals surface area contributed by atoms with Crippen LogP contribution >= 0.6 is 0 Å². The Morgan fingerprint density at radius 3 is 2.47 bits per heavy atom. The summed E-state index contributed by atoms with van der Waals surface area (Å²) in [7, 11) is 0. The summed E-state index contributed by atoms with van der Waals surface area (Å²) in [6.07, 6.45) is 4.01. The van der Waals surface area contributed by atoms with Gasteiger partial charge in [-0.2, -0.15) is 0 Å². The number of carbonyl (C=O) groups is 2. The van der Waals surface area contributed by atoms with E-state index in [1.54, 1.807) is 15.9 Å². The molecule has 1 aromatic heterocycles. The molecular formula is C22H24F2N2O4. The molecule has 1 spiro atoms. The molecule has 1 aromatic carbocycles. The van der Waals surface area contributed by atoms with Gasteiger partial charge in [-0.25, -0.2) is 8.78 Å². The van der Waals surface area contributed by atoms with Crippen molar-refractivity contribution in [2.75, 3.05) is 26.2 Å². The Hall–Kier alpha value is -2.74. The van der Waals surface area contributed by atoms with Crippen LogP contribution in [0.5, 0.6) is 0 Å². The monoisotopic (exact) mass is 418 g/mol. The van der Waals surface area contributed by atoms with Gasteiger partial charge in [0.05, 0.1) is 24.4 Å². The Morgan fingerprint density at radius 2 is 1.83 bits per heavy atom. The number of β-amino-alcohol motifs (C(OH)–C–C–N with tert-alkyl or cyclic N) is 1. The Balaban J connectivity index is 1.40. The van der Waals surface area contributed by atoms with E-state index in [1.165, 1.54) is 12.5 Å². The van der Waals surface area contributed by atoms with Crippen molar-refractivity contribution in [1.82, 2.24) is 9.80 Å². The molecule has 0 aliphatic carbocycles. The molecule has 2 aliphatic rings. The Morgan fingerprint density at radius 1 is 1.13 bits per heavy atom. The molecule has 2 aromatic rings. The van der Waals surface area contributed by atoms with Gasteiger partial charge in [0.2, 0.25) is 5.91 Å². The van der Waals surface area contributed by atoms with Crippen LogP contribution < -0.4 is 0 Å². The number of nitrogens with zero attached hydrogens (tertiary/aromatic N) is 2. The van der Waals surface area contributed by atoms with Crippen LogP contribution in [0.1, 0.15) is 35.2 Å². The van der Waals surface area contributed by atoms with E-state index >= 15 is 0 Å². The second kappa shape index (κ2) is 8.18. The maximum atomic E-state index is 13.4. The van der Waals surface area contributed by atoms with E-state index in [1.807, 2.05) is 0 Å². The molecule has 1 unspecified atom stereocenters. The number of carbonyl (C=O) groups excluding carboxylic acids is 2. The lowest BCUT2D eigenvalue weighted by Crippen LogP contribution is -2.56. The van der Waals surface area contributed by atoms with Gasteiger partial charge in [-0.3, -0.25) is 9.59 Å². The molecule has 3 heterocycles. The highest BCUT2D eigenvalue weighted by Crippen LogP contribution is 2.40. The number of halogens is 2. The third-order valence-electron chi connectivity index (χ3n) is 6.14. The van der Waals surface area contributed by atoms with Gasteiger partial charge in [0, 0.05) is 32.2 Å². The van der Waals surface area contributed by atoms with E-state index < -0.39 is 17.7 Å². The molecule has 1 atom stereocenters. The number of piperidine rings is 2. The number of aliphatic hydroxyl groups is 1. The van der Waals surface area contributed by atoms with Gasteiger partial charge in [0.15, 0.2) is 0 Å². The standard InChI is InChI=1S/C22H24F2N2O4/c23-17-7-15(8-18(24)10-17)9-20(28)26-12-19(27)11-22(14-26)2-4-25(5-3-22)21(29)16-1-6-30-13-16/h1,6-8,10,13,19,27H,2-5,9,11-12,14H2. The van der Waals surface area contributed by atoms with Crippen LogP contribution in [0.25, 0.3) is 0 Å². The molecule has 0 saturated carbocycles. The molecular weight excluding hydrogens is 394 g/mol. The maximum absolute atomic E-state index is 13.4. The van der Waals surface area contributed by atoms with Crippen LogP contribution in [0.4, 0.5) is 8.78 Å². The van der Waals surface area contributed by atoms with E-state index in [0.717, 1.165) is 18.2 Å². The number of aliphatic hydroxyl groups excluding tert-OH is 1. The van der Waals surface area contributed by atoms with Crippen molar-refractivity contribution in [2.45, 2.75) is 31.8 Å². The number of benzene rings is 1. The van der Waals surface area contributed by atoms with Crippen LogP contribution in [0.15, 0.2) is 41.2 Å². The van der Waals surface area contributed by atoms with E-state index in [0.29, 0.717) is 44.5 Å². The summed E-state index contributed by atoms with van der Waals surface area (Å²) in [6, 6.07) is 4.70. The average molecular weight is 418 g/mol. The van der Waals surface area contributed by atoms with Gasteiger partial charge >= 0.3 is 0 Å². The lowest BCUT2D eigenvalue weighted by atomic mass is 9.71. The smallest absolute Gasteiger partial charge is 0.257 e. The summed E-state index contributed by atoms with van der Waals surface area (Å²) in [6.45, 7) is 1.74. The SMILES string of the molecule is O=C(Cc1cc(F)cc(F)c1)N1CC(O)CC2(CCN(C(=O)c3ccoc3)CC2)C1. The quantitative estimate of drug-likeness (QED) is 0.832. The zero-order valence-electron chi connectivity index (χ0n) is 16.5. The number of amides is 2. The zero-order valence-corrected chi connectivity index (χ0v) is 16.5. The molecule has 8 heteroatoms. The minimum Gasteiger partial charge on any atom is -0.472 e. The van der Waals surface area contributed by atoms with Gasteiger partial charge in [-0.05, 0) is 48.4 Å². The summed E-state index contributed by atoms with van der Waals surface area (Å²) >= 11 is 0. The molecule has 4 rings (SSSR count). The van der Waals surface area contributed by atoms with Gasteiger partial charge in [0.1, 0.15) is 17.9 Å². The molecule has 0 radical (unpaired) electrons. The van der Waals surface area contributed by atoms with Gasteiger partial charge in [0.25, 0.3) is 5.91 Å². The fraction of sp³-hybridized carbons (Fsp3) is 0.455. The first-order chi connectivity index (χ1) is 14.3. The van der Waals surface area contributed by atoms with Gasteiger partial charge in [-0.15, -0.1) is 0 Å². The van der Waals surface area contributed by atoms with Gasteiger partial charge in [-0.1, -0.05) is 0 Å². The van der Waals surface area contributed by atoms with Gasteiger partial charge < -0.3 is 19.3 Å². The normalized spacial score (nSPS) is 21.1. The van der Waals surface area contributed by atoms with Crippen LogP contribution in [-0.2, 0) is 11.2 Å². The largest absolute Gasteiger partial charge is 0.472 e. The number of furan rings is 1. The average Bonchev–Trinajstić information content (AvgIpc) is 3.21. The van der Waals surface area contributed by atoms with E-state index in [4.69, 9.17) is 4.42 Å². The third-order valence-corrected chi connectivity index (χ3v) is 6.14. The minimum absolute atomic E-state index is 0.0870. The highest BCUT2D eigenvalue weighted by Gasteiger charge is 2.43. The van der Waals surface area contributed by atoms with E-state index in [-0.39, 0.29) is 35.8 Å². The highest BCUT2D eigenvalue weighted by atomic mass is 19.1. The second-order valence-corrected chi connectivity index (χ2v) is 8.39. The molecule has 30 heavy (non-hydrogen) atoms. The topological polar surface area (TPSA) is 74.0 Å². The zero-order chi connectivity index (χ0) is 21.3. The van der Waals surface area contributed by atoms with Crippen LogP contribution in [-0.4, -0.2) is 59.0 Å². The van der Waals surface area contributed by atoms with Crippen molar-refractivity contribution in [3.63, 3.8) is 0 Å². The lowest BCUT2D eigenvalue weighted by molar-refractivity contribution is -0.139. The van der Waals surface area contributed by atoms with Crippen LogP contribution in [0, 0.1) is 17.0 Å². The summed E-state index contributed by atoms with van der Waals surface area (Å²) < 4.78 is 31.8. The predicted octanol–water partition coefficient (Wildman–Crippen LogP) is 2.62.